The Morgan fingerprint density at radius 2 is 1.74 bits per heavy atom. The number of hydrogen-bond donors (Lipinski definition) is 4. The average Bonchev–Trinajstić information content (AvgIpc) is 2.95. The Labute approximate surface area is 210 Å². The highest BCUT2D eigenvalue weighted by Crippen LogP contribution is 2.88. The maximum Gasteiger partial charge on any atom is 0.248 e. The van der Waals surface area contributed by atoms with Crippen molar-refractivity contribution in [1.82, 2.24) is 15.5 Å². The van der Waals surface area contributed by atoms with Gasteiger partial charge in [0.2, 0.25) is 17.7 Å². The van der Waals surface area contributed by atoms with Crippen LogP contribution in [0.1, 0.15) is 86.0 Å². The number of carbonyl (C=O) groups excluding carboxylic acids is 3. The fourth-order valence-corrected chi connectivity index (χ4v) is 7.99. The summed E-state index contributed by atoms with van der Waals surface area (Å²) in [5, 5.41) is 16.7. The summed E-state index contributed by atoms with van der Waals surface area (Å²) in [4.78, 5) is 41.3. The lowest BCUT2D eigenvalue weighted by Gasteiger charge is -2.36. The number of likely N-dealkylation sites (tertiary alicyclic amines) is 1. The summed E-state index contributed by atoms with van der Waals surface area (Å²) in [6, 6.07) is -1.77. The van der Waals surface area contributed by atoms with Crippen molar-refractivity contribution in [3.05, 3.63) is 0 Å². The minimum atomic E-state index is -1.44. The Bertz CT molecular complexity index is 873. The molecule has 5 atom stereocenters. The second-order valence-corrected chi connectivity index (χ2v) is 13.4. The quantitative estimate of drug-likeness (QED) is 0.414. The lowest BCUT2D eigenvalue weighted by Crippen LogP contribution is -2.58. The first-order valence-electron chi connectivity index (χ1n) is 13.5. The van der Waals surface area contributed by atoms with Gasteiger partial charge in [0.1, 0.15) is 6.04 Å². The lowest BCUT2D eigenvalue weighted by molar-refractivity contribution is -0.143. The largest absolute Gasteiger partial charge is 0.381 e. The van der Waals surface area contributed by atoms with Crippen LogP contribution in [0.15, 0.2) is 0 Å². The van der Waals surface area contributed by atoms with E-state index >= 15 is 0 Å². The van der Waals surface area contributed by atoms with E-state index in [0.29, 0.717) is 25.3 Å². The Morgan fingerprint density at radius 3 is 2.14 bits per heavy atom. The van der Waals surface area contributed by atoms with Gasteiger partial charge >= 0.3 is 0 Å². The van der Waals surface area contributed by atoms with Crippen molar-refractivity contribution >= 4 is 17.7 Å². The van der Waals surface area contributed by atoms with E-state index in [0.717, 1.165) is 32.1 Å². The number of nitrogens with one attached hydrogen (secondary N) is 2. The van der Waals surface area contributed by atoms with Crippen LogP contribution in [0.2, 0.25) is 0 Å². The molecule has 198 valence electrons. The molecule has 0 aromatic carbocycles. The van der Waals surface area contributed by atoms with Crippen molar-refractivity contribution in [2.75, 3.05) is 13.6 Å². The minimum Gasteiger partial charge on any atom is -0.381 e. The summed E-state index contributed by atoms with van der Waals surface area (Å²) >= 11 is 0. The van der Waals surface area contributed by atoms with Gasteiger partial charge in [0.05, 0.1) is 12.1 Å². The molecule has 8 heteroatoms. The summed E-state index contributed by atoms with van der Waals surface area (Å²) in [5.74, 6) is -0.789. The van der Waals surface area contributed by atoms with E-state index in [-0.39, 0.29) is 33.5 Å². The molecule has 1 heterocycles. The SMILES string of the molecule is CN[C@H](C(=O)N1C[C@]2(C[C@H]1C(=O)NC(CC1CCC1)C(O)C(N)=O)C(C)(C)C21CCC1)C(C)(C)C. The highest BCUT2D eigenvalue weighted by Gasteiger charge is 2.85. The fourth-order valence-electron chi connectivity index (χ4n) is 7.99. The smallest absolute Gasteiger partial charge is 0.248 e. The summed E-state index contributed by atoms with van der Waals surface area (Å²) in [5.41, 5.74) is 5.30. The maximum atomic E-state index is 13.9. The van der Waals surface area contributed by atoms with Crippen LogP contribution in [-0.2, 0) is 14.4 Å². The number of carbonyl (C=O) groups is 3. The van der Waals surface area contributed by atoms with Crippen LogP contribution in [-0.4, -0.2) is 65.5 Å². The number of nitrogens with zero attached hydrogens (tertiary/aromatic N) is 1. The Hall–Kier alpha value is -1.67. The van der Waals surface area contributed by atoms with Gasteiger partial charge < -0.3 is 26.4 Å². The summed E-state index contributed by atoms with van der Waals surface area (Å²) in [6.07, 6.45) is 6.40. The molecule has 0 aromatic heterocycles. The number of fused-ring (bicyclic) bond motifs is 1. The number of aliphatic hydroxyl groups excluding tert-OH is 1. The van der Waals surface area contributed by atoms with Crippen LogP contribution in [0.5, 0.6) is 0 Å². The van der Waals surface area contributed by atoms with Gasteiger partial charge in [-0.05, 0) is 54.9 Å². The van der Waals surface area contributed by atoms with E-state index < -0.39 is 30.1 Å². The van der Waals surface area contributed by atoms with Gasteiger partial charge in [0, 0.05) is 12.0 Å². The van der Waals surface area contributed by atoms with Crippen molar-refractivity contribution in [2.45, 2.75) is 110 Å². The van der Waals surface area contributed by atoms with Crippen LogP contribution in [0.4, 0.5) is 0 Å². The normalized spacial score (nSPS) is 31.4. The second kappa shape index (κ2) is 8.72. The number of primary amides is 1. The molecule has 35 heavy (non-hydrogen) atoms. The third-order valence-corrected chi connectivity index (χ3v) is 10.6. The molecule has 0 radical (unpaired) electrons. The molecule has 8 nitrogen and oxygen atoms in total. The van der Waals surface area contributed by atoms with Gasteiger partial charge in [-0.15, -0.1) is 0 Å². The van der Waals surface area contributed by atoms with Gasteiger partial charge in [0.15, 0.2) is 6.10 Å². The molecule has 1 aliphatic heterocycles. The Morgan fingerprint density at radius 1 is 1.11 bits per heavy atom. The Kier molecular flexibility index (Phi) is 6.58. The number of aliphatic hydroxyl groups is 1. The summed E-state index contributed by atoms with van der Waals surface area (Å²) in [6.45, 7) is 11.3. The first-order chi connectivity index (χ1) is 16.2. The van der Waals surface area contributed by atoms with Crippen LogP contribution in [0, 0.1) is 27.6 Å². The number of nitrogens with two attached hydrogens (primary N) is 1. The van der Waals surface area contributed by atoms with Crippen LogP contribution in [0.25, 0.3) is 0 Å². The van der Waals surface area contributed by atoms with Crippen molar-refractivity contribution < 1.29 is 19.5 Å². The average molecular weight is 491 g/mol. The minimum absolute atomic E-state index is 0.0554. The molecule has 4 rings (SSSR count). The van der Waals surface area contributed by atoms with Crippen molar-refractivity contribution in [3.8, 4) is 0 Å². The van der Waals surface area contributed by atoms with Crippen molar-refractivity contribution in [1.29, 1.82) is 0 Å². The molecule has 3 saturated carbocycles. The topological polar surface area (TPSA) is 125 Å². The molecular weight excluding hydrogens is 444 g/mol. The van der Waals surface area contributed by atoms with E-state index in [1.165, 1.54) is 6.42 Å². The number of rotatable bonds is 8. The zero-order valence-corrected chi connectivity index (χ0v) is 22.4. The number of likely N-dealkylation sites (N-methyl/N-ethyl adjacent to an activating group) is 1. The van der Waals surface area contributed by atoms with E-state index in [1.54, 1.807) is 11.9 Å². The molecule has 2 spiro atoms. The monoisotopic (exact) mass is 490 g/mol. The van der Waals surface area contributed by atoms with Crippen molar-refractivity contribution in [3.63, 3.8) is 0 Å². The van der Waals surface area contributed by atoms with Gasteiger partial charge in [-0.2, -0.15) is 0 Å². The Balaban J connectivity index is 1.61. The number of hydrogen-bond acceptors (Lipinski definition) is 5. The molecule has 0 aromatic rings. The molecule has 0 bridgehead atoms. The van der Waals surface area contributed by atoms with Crippen molar-refractivity contribution in [2.24, 2.45) is 33.3 Å². The zero-order chi connectivity index (χ0) is 26.0. The summed E-state index contributed by atoms with van der Waals surface area (Å²) < 4.78 is 0. The third kappa shape index (κ3) is 3.90. The predicted octanol–water partition coefficient (Wildman–Crippen LogP) is 1.94. The standard InChI is InChI=1S/C27H46N4O4/c1-24(2,3)20(29-6)23(35)31-15-27(25(4,5)26(27)11-8-12-26)14-18(31)22(34)30-17(19(32)21(28)33)13-16-9-7-10-16/h16-20,29,32H,7-15H2,1-6H3,(H2,28,33)(H,30,34)/t17?,18-,19?,20+,27+/m0/s1. The van der Waals surface area contributed by atoms with Gasteiger partial charge in [-0.3, -0.25) is 14.4 Å². The van der Waals surface area contributed by atoms with E-state index in [9.17, 15) is 19.5 Å². The molecule has 4 fully saturated rings. The highest BCUT2D eigenvalue weighted by atomic mass is 16.3. The molecule has 1 saturated heterocycles. The molecule has 2 unspecified atom stereocenters. The fraction of sp³-hybridized carbons (Fsp3) is 0.889. The van der Waals surface area contributed by atoms with Gasteiger partial charge in [-0.25, -0.2) is 0 Å². The predicted molar refractivity (Wildman–Crippen MR) is 134 cm³/mol. The molecule has 3 amide bonds. The molecular formula is C27H46N4O4. The molecule has 4 aliphatic rings. The first kappa shape index (κ1) is 26.4. The maximum absolute atomic E-state index is 13.9. The lowest BCUT2D eigenvalue weighted by atomic mass is 9.73. The molecule has 5 N–H and O–H groups in total. The van der Waals surface area contributed by atoms with Crippen LogP contribution in [0.3, 0.4) is 0 Å². The number of amides is 3. The first-order valence-corrected chi connectivity index (χ1v) is 13.5. The summed E-state index contributed by atoms with van der Waals surface area (Å²) in [7, 11) is 1.79. The molecule has 3 aliphatic carbocycles. The highest BCUT2D eigenvalue weighted by molar-refractivity contribution is 5.92. The third-order valence-electron chi connectivity index (χ3n) is 10.6. The van der Waals surface area contributed by atoms with Crippen LogP contribution >= 0.6 is 0 Å². The zero-order valence-electron chi connectivity index (χ0n) is 22.4. The van der Waals surface area contributed by atoms with Crippen LogP contribution < -0.4 is 16.4 Å². The second-order valence-electron chi connectivity index (χ2n) is 13.4. The van der Waals surface area contributed by atoms with E-state index in [2.05, 4.69) is 24.5 Å². The van der Waals surface area contributed by atoms with E-state index in [1.807, 2.05) is 20.8 Å². The van der Waals surface area contributed by atoms with E-state index in [4.69, 9.17) is 5.73 Å². The van der Waals surface area contributed by atoms with Gasteiger partial charge in [-0.1, -0.05) is 60.3 Å². The van der Waals surface area contributed by atoms with Gasteiger partial charge in [0.25, 0.3) is 0 Å².